The van der Waals surface area contributed by atoms with Crippen molar-refractivity contribution in [1.82, 2.24) is 9.97 Å². The summed E-state index contributed by atoms with van der Waals surface area (Å²) >= 11 is 0. The highest BCUT2D eigenvalue weighted by Gasteiger charge is 2.19. The van der Waals surface area contributed by atoms with E-state index in [1.807, 2.05) is 30.3 Å². The molecule has 0 spiro atoms. The average Bonchev–Trinajstić information content (AvgIpc) is 2.72. The molecule has 7 nitrogen and oxygen atoms in total. The van der Waals surface area contributed by atoms with E-state index in [4.69, 9.17) is 0 Å². The number of nitrogens with zero attached hydrogens (tertiary/aromatic N) is 3. The summed E-state index contributed by atoms with van der Waals surface area (Å²) in [5, 5.41) is 14.5. The number of carbonyl (C=O) groups is 1. The molecule has 0 saturated carbocycles. The molecule has 0 atom stereocenters. The normalized spacial score (nSPS) is 13.1. The van der Waals surface area contributed by atoms with Crippen LogP contribution in [0.3, 0.4) is 0 Å². The molecule has 1 aromatic carbocycles. The molecule has 0 amide bonds. The Kier molecular flexibility index (Phi) is 4.80. The first-order chi connectivity index (χ1) is 13.6. The van der Waals surface area contributed by atoms with E-state index < -0.39 is 4.92 Å². The number of nitro groups is 1. The van der Waals surface area contributed by atoms with Crippen molar-refractivity contribution >= 4 is 17.3 Å². The Morgan fingerprint density at radius 3 is 2.61 bits per heavy atom. The number of benzene rings is 1. The zero-order chi connectivity index (χ0) is 19.5. The van der Waals surface area contributed by atoms with Crippen molar-refractivity contribution in [2.24, 2.45) is 0 Å². The zero-order valence-corrected chi connectivity index (χ0v) is 15.1. The van der Waals surface area contributed by atoms with Crippen molar-refractivity contribution in [3.8, 4) is 11.3 Å². The van der Waals surface area contributed by atoms with Gasteiger partial charge in [0, 0.05) is 23.6 Å². The third-order valence-corrected chi connectivity index (χ3v) is 4.72. The number of Topliss-reactive ketones (excluding diaryl/α,β-unsaturated/α-hetero) is 1. The topological polar surface area (TPSA) is 98.0 Å². The summed E-state index contributed by atoms with van der Waals surface area (Å²) in [5.41, 5.74) is 3.33. The summed E-state index contributed by atoms with van der Waals surface area (Å²) in [6.07, 6.45) is 2.23. The molecule has 2 heterocycles. The second kappa shape index (κ2) is 7.56. The van der Waals surface area contributed by atoms with Gasteiger partial charge < -0.3 is 5.32 Å². The average molecular weight is 374 g/mol. The minimum atomic E-state index is -0.429. The Bertz CT molecular complexity index is 1050. The van der Waals surface area contributed by atoms with Crippen LogP contribution in [0, 0.1) is 10.1 Å². The number of anilines is 1. The van der Waals surface area contributed by atoms with E-state index >= 15 is 0 Å². The van der Waals surface area contributed by atoms with Crippen LogP contribution in [0.15, 0.2) is 54.6 Å². The maximum atomic E-state index is 11.9. The second-order valence-electron chi connectivity index (χ2n) is 6.61. The molecule has 3 aromatic rings. The Balaban J connectivity index is 1.57. The van der Waals surface area contributed by atoms with Gasteiger partial charge in [0.05, 0.1) is 22.9 Å². The van der Waals surface area contributed by atoms with Crippen LogP contribution in [-0.4, -0.2) is 20.7 Å². The number of carbonyl (C=O) groups excluding carboxylic acids is 1. The van der Waals surface area contributed by atoms with Crippen molar-refractivity contribution in [2.45, 2.75) is 25.8 Å². The van der Waals surface area contributed by atoms with Crippen molar-refractivity contribution in [2.75, 3.05) is 5.32 Å². The van der Waals surface area contributed by atoms with Gasteiger partial charge in [-0.25, -0.2) is 4.98 Å². The minimum Gasteiger partial charge on any atom is -0.364 e. The van der Waals surface area contributed by atoms with Gasteiger partial charge in [-0.3, -0.25) is 19.9 Å². The molecule has 2 aromatic heterocycles. The number of hydrogen-bond acceptors (Lipinski definition) is 6. The molecule has 1 N–H and O–H groups in total. The number of nitrogens with one attached hydrogen (secondary N) is 1. The van der Waals surface area contributed by atoms with E-state index in [0.717, 1.165) is 29.8 Å². The number of rotatable bonds is 5. The first kappa shape index (κ1) is 17.8. The molecule has 0 radical (unpaired) electrons. The smallest absolute Gasteiger partial charge is 0.295 e. The monoisotopic (exact) mass is 374 g/mol. The fourth-order valence-electron chi connectivity index (χ4n) is 3.33. The van der Waals surface area contributed by atoms with Crippen LogP contribution in [-0.2, 0) is 13.0 Å². The number of pyridine rings is 2. The maximum absolute atomic E-state index is 11.9. The minimum absolute atomic E-state index is 0.0397. The Morgan fingerprint density at radius 2 is 1.82 bits per heavy atom. The molecule has 140 valence electrons. The highest BCUT2D eigenvalue weighted by atomic mass is 16.6. The van der Waals surface area contributed by atoms with Crippen LogP contribution >= 0.6 is 0 Å². The SMILES string of the molecule is O=C1CCCc2nc(CNc3ccc([N+](=O)[O-])c(-c4ccccc4)n3)ccc21. The largest absolute Gasteiger partial charge is 0.364 e. The molecular weight excluding hydrogens is 356 g/mol. The van der Waals surface area contributed by atoms with Crippen molar-refractivity contribution in [1.29, 1.82) is 0 Å². The molecule has 0 unspecified atom stereocenters. The zero-order valence-electron chi connectivity index (χ0n) is 15.1. The van der Waals surface area contributed by atoms with Crippen molar-refractivity contribution < 1.29 is 9.72 Å². The molecule has 28 heavy (non-hydrogen) atoms. The molecule has 1 aliphatic rings. The number of aromatic nitrogens is 2. The third kappa shape index (κ3) is 3.59. The first-order valence-corrected chi connectivity index (χ1v) is 9.08. The fourth-order valence-corrected chi connectivity index (χ4v) is 3.33. The summed E-state index contributed by atoms with van der Waals surface area (Å²) in [5.74, 6) is 0.679. The lowest BCUT2D eigenvalue weighted by molar-refractivity contribution is -0.384. The van der Waals surface area contributed by atoms with E-state index in [9.17, 15) is 14.9 Å². The quantitative estimate of drug-likeness (QED) is 0.531. The van der Waals surface area contributed by atoms with Gasteiger partial charge in [-0.1, -0.05) is 30.3 Å². The van der Waals surface area contributed by atoms with E-state index in [1.165, 1.54) is 6.07 Å². The van der Waals surface area contributed by atoms with Crippen LogP contribution in [0.25, 0.3) is 11.3 Å². The van der Waals surface area contributed by atoms with Gasteiger partial charge in [0.15, 0.2) is 11.5 Å². The predicted octanol–water partition coefficient (Wildman–Crippen LogP) is 4.18. The Hall–Kier alpha value is -3.61. The van der Waals surface area contributed by atoms with Gasteiger partial charge in [-0.05, 0) is 31.0 Å². The summed E-state index contributed by atoms with van der Waals surface area (Å²) in [4.78, 5) is 31.9. The second-order valence-corrected chi connectivity index (χ2v) is 6.61. The molecule has 0 saturated heterocycles. The van der Waals surface area contributed by atoms with Gasteiger partial charge in [0.25, 0.3) is 5.69 Å². The van der Waals surface area contributed by atoms with Crippen molar-refractivity contribution in [3.05, 3.63) is 81.7 Å². The van der Waals surface area contributed by atoms with Gasteiger partial charge in [0.1, 0.15) is 5.82 Å². The molecule has 7 heteroatoms. The summed E-state index contributed by atoms with van der Waals surface area (Å²) in [6, 6.07) is 15.8. The van der Waals surface area contributed by atoms with Gasteiger partial charge in [-0.15, -0.1) is 0 Å². The third-order valence-electron chi connectivity index (χ3n) is 4.72. The van der Waals surface area contributed by atoms with Crippen molar-refractivity contribution in [3.63, 3.8) is 0 Å². The van der Waals surface area contributed by atoms with Crippen LogP contribution in [0.4, 0.5) is 11.5 Å². The molecule has 0 fully saturated rings. The molecule has 4 rings (SSSR count). The number of fused-ring (bicyclic) bond motifs is 1. The molecule has 1 aliphatic carbocycles. The molecular formula is C21H18N4O3. The Labute approximate surface area is 161 Å². The highest BCUT2D eigenvalue weighted by Crippen LogP contribution is 2.29. The summed E-state index contributed by atoms with van der Waals surface area (Å²) in [7, 11) is 0. The van der Waals surface area contributed by atoms with E-state index in [-0.39, 0.29) is 11.5 Å². The Morgan fingerprint density at radius 1 is 1.00 bits per heavy atom. The van der Waals surface area contributed by atoms with Crippen LogP contribution in [0.1, 0.15) is 34.6 Å². The van der Waals surface area contributed by atoms with Gasteiger partial charge in [0.2, 0.25) is 0 Å². The van der Waals surface area contributed by atoms with E-state index in [0.29, 0.717) is 30.0 Å². The predicted molar refractivity (Wildman–Crippen MR) is 105 cm³/mol. The first-order valence-electron chi connectivity index (χ1n) is 9.08. The molecule has 0 bridgehead atoms. The summed E-state index contributed by atoms with van der Waals surface area (Å²) < 4.78 is 0. The van der Waals surface area contributed by atoms with E-state index in [1.54, 1.807) is 18.2 Å². The lowest BCUT2D eigenvalue weighted by atomic mass is 9.94. The fraction of sp³-hybridized carbons (Fsp3) is 0.190. The van der Waals surface area contributed by atoms with Crippen LogP contribution in [0.5, 0.6) is 0 Å². The maximum Gasteiger partial charge on any atom is 0.295 e. The lowest BCUT2D eigenvalue weighted by Crippen LogP contribution is -2.14. The van der Waals surface area contributed by atoms with Gasteiger partial charge in [-0.2, -0.15) is 0 Å². The lowest BCUT2D eigenvalue weighted by Gasteiger charge is -2.15. The van der Waals surface area contributed by atoms with Crippen LogP contribution < -0.4 is 5.32 Å². The molecule has 0 aliphatic heterocycles. The van der Waals surface area contributed by atoms with Gasteiger partial charge >= 0.3 is 0 Å². The standard InChI is InChI=1S/C21H18N4O3/c26-19-8-4-7-17-16(19)10-9-15(23-17)13-22-20-12-11-18(25(27)28)21(24-20)14-5-2-1-3-6-14/h1-3,5-6,9-12H,4,7-8,13H2,(H,22,24). The highest BCUT2D eigenvalue weighted by molar-refractivity contribution is 5.97. The number of ketones is 1. The summed E-state index contributed by atoms with van der Waals surface area (Å²) in [6.45, 7) is 0.417. The number of hydrogen-bond donors (Lipinski definition) is 1. The number of aryl methyl sites for hydroxylation is 1. The van der Waals surface area contributed by atoms with Crippen LogP contribution in [0.2, 0.25) is 0 Å². The van der Waals surface area contributed by atoms with E-state index in [2.05, 4.69) is 15.3 Å².